The first-order valence-corrected chi connectivity index (χ1v) is 6.37. The van der Waals surface area contributed by atoms with Gasteiger partial charge in [0.1, 0.15) is 5.82 Å². The van der Waals surface area contributed by atoms with E-state index in [0.717, 1.165) is 30.9 Å². The normalized spacial score (nSPS) is 10.8. The summed E-state index contributed by atoms with van der Waals surface area (Å²) in [4.78, 5) is 15.9. The largest absolute Gasteiger partial charge is 0.352 e. The van der Waals surface area contributed by atoms with Gasteiger partial charge in [0, 0.05) is 49.9 Å². The first-order valence-electron chi connectivity index (χ1n) is 6.37. The molecule has 0 unspecified atom stereocenters. The second-order valence-corrected chi connectivity index (χ2v) is 4.48. The Kier molecular flexibility index (Phi) is 3.97. The van der Waals surface area contributed by atoms with E-state index >= 15 is 0 Å². The van der Waals surface area contributed by atoms with Crippen LogP contribution in [0.15, 0.2) is 30.9 Å². The molecular weight excluding hydrogens is 226 g/mol. The Labute approximate surface area is 107 Å². The lowest BCUT2D eigenvalue weighted by Crippen LogP contribution is -2.06. The Bertz CT molecular complexity index is 525. The highest BCUT2D eigenvalue weighted by atomic mass is 16.1. The minimum atomic E-state index is 0.232. The summed E-state index contributed by atoms with van der Waals surface area (Å²) >= 11 is 0. The van der Waals surface area contributed by atoms with Gasteiger partial charge in [-0.25, -0.2) is 4.98 Å². The first-order chi connectivity index (χ1) is 8.70. The summed E-state index contributed by atoms with van der Waals surface area (Å²) in [5, 5.41) is 0. The highest BCUT2D eigenvalue weighted by molar-refractivity contribution is 5.95. The number of hydrogen-bond donors (Lipinski definition) is 0. The summed E-state index contributed by atoms with van der Waals surface area (Å²) in [5.41, 5.74) is 0.819. The van der Waals surface area contributed by atoms with Crippen LogP contribution in [-0.4, -0.2) is 19.9 Å². The van der Waals surface area contributed by atoms with Crippen molar-refractivity contribution in [2.75, 3.05) is 0 Å². The summed E-state index contributed by atoms with van der Waals surface area (Å²) in [7, 11) is 0. The second kappa shape index (κ2) is 5.67. The van der Waals surface area contributed by atoms with E-state index < -0.39 is 0 Å². The van der Waals surface area contributed by atoms with E-state index in [1.807, 2.05) is 38.5 Å². The zero-order chi connectivity index (χ0) is 13.0. The van der Waals surface area contributed by atoms with Gasteiger partial charge in [-0.2, -0.15) is 0 Å². The maximum absolute atomic E-state index is 11.7. The van der Waals surface area contributed by atoms with Gasteiger partial charge in [0.05, 0.1) is 0 Å². The van der Waals surface area contributed by atoms with Crippen LogP contribution >= 0.6 is 0 Å². The first kappa shape index (κ1) is 12.6. The summed E-state index contributed by atoms with van der Waals surface area (Å²) < 4.78 is 4.16. The molecule has 2 aromatic heterocycles. The van der Waals surface area contributed by atoms with Crippen molar-refractivity contribution in [1.82, 2.24) is 14.1 Å². The quantitative estimate of drug-likeness (QED) is 0.734. The summed E-state index contributed by atoms with van der Waals surface area (Å²) in [6, 6.07) is 1.90. The topological polar surface area (TPSA) is 39.8 Å². The Morgan fingerprint density at radius 3 is 2.83 bits per heavy atom. The van der Waals surface area contributed by atoms with E-state index in [1.165, 1.54) is 0 Å². The minimum absolute atomic E-state index is 0.232. The number of nitrogens with zero attached hydrogens (tertiary/aromatic N) is 3. The molecule has 0 aromatic carbocycles. The van der Waals surface area contributed by atoms with Crippen molar-refractivity contribution in [3.63, 3.8) is 0 Å². The van der Waals surface area contributed by atoms with E-state index in [4.69, 9.17) is 0 Å². The van der Waals surface area contributed by atoms with Gasteiger partial charge in [0.25, 0.3) is 0 Å². The molecule has 2 aromatic rings. The molecule has 0 aliphatic rings. The Balaban J connectivity index is 1.95. The van der Waals surface area contributed by atoms with Crippen LogP contribution in [0.5, 0.6) is 0 Å². The number of ketones is 1. The molecule has 0 amide bonds. The van der Waals surface area contributed by atoms with Gasteiger partial charge in [0.2, 0.25) is 0 Å². The van der Waals surface area contributed by atoms with E-state index in [0.29, 0.717) is 6.42 Å². The van der Waals surface area contributed by atoms with Gasteiger partial charge in [0.15, 0.2) is 5.78 Å². The average Bonchev–Trinajstić information content (AvgIpc) is 2.96. The van der Waals surface area contributed by atoms with Crippen LogP contribution in [0.2, 0.25) is 0 Å². The molecule has 2 heterocycles. The van der Waals surface area contributed by atoms with Crippen LogP contribution in [0.3, 0.4) is 0 Å². The van der Waals surface area contributed by atoms with Crippen LogP contribution < -0.4 is 0 Å². The maximum atomic E-state index is 11.7. The van der Waals surface area contributed by atoms with Gasteiger partial charge >= 0.3 is 0 Å². The average molecular weight is 245 g/mol. The number of aromatic nitrogens is 3. The van der Waals surface area contributed by atoms with E-state index in [2.05, 4.69) is 14.1 Å². The lowest BCUT2D eigenvalue weighted by molar-refractivity contribution is 0.0981. The Hall–Kier alpha value is -1.84. The number of imidazole rings is 1. The molecule has 0 spiro atoms. The molecular formula is C14H19N3O. The second-order valence-electron chi connectivity index (χ2n) is 4.48. The molecule has 4 heteroatoms. The zero-order valence-corrected chi connectivity index (χ0v) is 11.0. The summed E-state index contributed by atoms with van der Waals surface area (Å²) in [5.74, 6) is 1.25. The molecule has 0 N–H and O–H groups in total. The standard InChI is InChI=1S/C14H19N3O/c1-3-4-14(18)13-5-7-16(11-13)9-10-17-8-6-15-12(17)2/h5-8,11H,3-4,9-10H2,1-2H3. The van der Waals surface area contributed by atoms with Crippen LogP contribution in [0.4, 0.5) is 0 Å². The molecule has 2 rings (SSSR count). The number of carbonyl (C=O) groups is 1. The third-order valence-corrected chi connectivity index (χ3v) is 3.07. The van der Waals surface area contributed by atoms with Crippen molar-refractivity contribution in [2.45, 2.75) is 39.8 Å². The molecule has 0 bridgehead atoms. The van der Waals surface area contributed by atoms with Crippen molar-refractivity contribution in [1.29, 1.82) is 0 Å². The number of aryl methyl sites for hydroxylation is 3. The van der Waals surface area contributed by atoms with Gasteiger partial charge in [-0.05, 0) is 19.4 Å². The molecule has 0 fully saturated rings. The van der Waals surface area contributed by atoms with Crippen molar-refractivity contribution in [3.8, 4) is 0 Å². The van der Waals surface area contributed by atoms with Crippen LogP contribution in [0, 0.1) is 6.92 Å². The smallest absolute Gasteiger partial charge is 0.164 e. The lowest BCUT2D eigenvalue weighted by atomic mass is 10.1. The number of carbonyl (C=O) groups excluding carboxylic acids is 1. The Morgan fingerprint density at radius 1 is 1.33 bits per heavy atom. The molecule has 4 nitrogen and oxygen atoms in total. The number of Topliss-reactive ketones (excluding diaryl/α,β-unsaturated/α-hetero) is 1. The molecule has 18 heavy (non-hydrogen) atoms. The van der Waals surface area contributed by atoms with Crippen molar-refractivity contribution < 1.29 is 4.79 Å². The molecule has 0 radical (unpaired) electrons. The molecule has 0 saturated carbocycles. The number of hydrogen-bond acceptors (Lipinski definition) is 2. The third kappa shape index (κ3) is 2.88. The molecule has 0 saturated heterocycles. The highest BCUT2D eigenvalue weighted by Gasteiger charge is 2.06. The fraction of sp³-hybridized carbons (Fsp3) is 0.429. The molecule has 0 aliphatic carbocycles. The fourth-order valence-electron chi connectivity index (χ4n) is 1.98. The van der Waals surface area contributed by atoms with Gasteiger partial charge in [-0.1, -0.05) is 6.92 Å². The summed E-state index contributed by atoms with van der Waals surface area (Å²) in [6.07, 6.45) is 9.21. The van der Waals surface area contributed by atoms with Gasteiger partial charge in [-0.15, -0.1) is 0 Å². The lowest BCUT2D eigenvalue weighted by Gasteiger charge is -2.05. The molecule has 0 atom stereocenters. The van der Waals surface area contributed by atoms with Crippen LogP contribution in [-0.2, 0) is 13.1 Å². The van der Waals surface area contributed by atoms with Gasteiger partial charge < -0.3 is 9.13 Å². The summed E-state index contributed by atoms with van der Waals surface area (Å²) in [6.45, 7) is 5.75. The van der Waals surface area contributed by atoms with Gasteiger partial charge in [-0.3, -0.25) is 4.79 Å². The third-order valence-electron chi connectivity index (χ3n) is 3.07. The zero-order valence-electron chi connectivity index (χ0n) is 11.0. The monoisotopic (exact) mass is 245 g/mol. The predicted molar refractivity (Wildman–Crippen MR) is 70.6 cm³/mol. The fourth-order valence-corrected chi connectivity index (χ4v) is 1.98. The number of rotatable bonds is 6. The van der Waals surface area contributed by atoms with Crippen molar-refractivity contribution in [2.24, 2.45) is 0 Å². The SMILES string of the molecule is CCCC(=O)c1ccn(CCn2ccnc2C)c1. The van der Waals surface area contributed by atoms with Crippen molar-refractivity contribution in [3.05, 3.63) is 42.2 Å². The molecule has 96 valence electrons. The van der Waals surface area contributed by atoms with Crippen LogP contribution in [0.1, 0.15) is 35.9 Å². The minimum Gasteiger partial charge on any atom is -0.352 e. The van der Waals surface area contributed by atoms with E-state index in [9.17, 15) is 4.79 Å². The van der Waals surface area contributed by atoms with Crippen molar-refractivity contribution >= 4 is 5.78 Å². The Morgan fingerprint density at radius 2 is 2.17 bits per heavy atom. The van der Waals surface area contributed by atoms with Crippen LogP contribution in [0.25, 0.3) is 0 Å². The maximum Gasteiger partial charge on any atom is 0.164 e. The van der Waals surface area contributed by atoms with E-state index in [-0.39, 0.29) is 5.78 Å². The predicted octanol–water partition coefficient (Wildman–Crippen LogP) is 2.68. The molecule has 0 aliphatic heterocycles. The van der Waals surface area contributed by atoms with E-state index in [1.54, 1.807) is 6.20 Å². The highest BCUT2D eigenvalue weighted by Crippen LogP contribution is 2.07.